The molecule has 1 aliphatic carbocycles. The van der Waals surface area contributed by atoms with E-state index in [1.54, 1.807) is 7.11 Å². The van der Waals surface area contributed by atoms with Gasteiger partial charge in [0.25, 0.3) is 0 Å². The zero-order valence-corrected chi connectivity index (χ0v) is 11.9. The van der Waals surface area contributed by atoms with E-state index in [1.807, 2.05) is 0 Å². The van der Waals surface area contributed by atoms with Gasteiger partial charge in [0.2, 0.25) is 0 Å². The van der Waals surface area contributed by atoms with Gasteiger partial charge >= 0.3 is 0 Å². The third-order valence-electron chi connectivity index (χ3n) is 3.43. The molecule has 1 aromatic carbocycles. The van der Waals surface area contributed by atoms with Gasteiger partial charge in [-0.2, -0.15) is 0 Å². The first-order chi connectivity index (χ1) is 9.40. The monoisotopic (exact) mass is 263 g/mol. The maximum atomic E-state index is 5.41. The van der Waals surface area contributed by atoms with Crippen molar-refractivity contribution in [2.75, 3.05) is 33.5 Å². The van der Waals surface area contributed by atoms with E-state index in [2.05, 4.69) is 29.6 Å². The van der Waals surface area contributed by atoms with E-state index in [4.69, 9.17) is 9.47 Å². The molecule has 3 nitrogen and oxygen atoms in total. The van der Waals surface area contributed by atoms with E-state index in [0.717, 1.165) is 32.0 Å². The molecule has 0 saturated heterocycles. The Morgan fingerprint density at radius 2 is 1.89 bits per heavy atom. The van der Waals surface area contributed by atoms with Crippen LogP contribution in [0.25, 0.3) is 0 Å². The average molecular weight is 263 g/mol. The molecular formula is C16H25NO2. The van der Waals surface area contributed by atoms with Crippen LogP contribution in [0, 0.1) is 0 Å². The molecule has 19 heavy (non-hydrogen) atoms. The molecule has 1 N–H and O–H groups in total. The van der Waals surface area contributed by atoms with Gasteiger partial charge in [0, 0.05) is 20.3 Å². The fourth-order valence-corrected chi connectivity index (χ4v) is 2.10. The van der Waals surface area contributed by atoms with Crippen molar-refractivity contribution in [1.82, 2.24) is 5.32 Å². The van der Waals surface area contributed by atoms with Crippen molar-refractivity contribution < 1.29 is 9.47 Å². The maximum absolute atomic E-state index is 5.41. The van der Waals surface area contributed by atoms with Crippen molar-refractivity contribution in [2.45, 2.75) is 31.7 Å². The van der Waals surface area contributed by atoms with Crippen LogP contribution < -0.4 is 5.32 Å². The van der Waals surface area contributed by atoms with Crippen molar-refractivity contribution in [3.8, 4) is 0 Å². The first-order valence-corrected chi connectivity index (χ1v) is 7.26. The molecule has 3 heteroatoms. The van der Waals surface area contributed by atoms with Gasteiger partial charge in [-0.1, -0.05) is 24.3 Å². The molecule has 0 spiro atoms. The molecule has 0 aliphatic heterocycles. The minimum Gasteiger partial charge on any atom is -0.382 e. The normalized spacial score (nSPS) is 14.8. The fourth-order valence-electron chi connectivity index (χ4n) is 2.10. The summed E-state index contributed by atoms with van der Waals surface area (Å²) in [4.78, 5) is 0. The largest absolute Gasteiger partial charge is 0.382 e. The number of hydrogen-bond acceptors (Lipinski definition) is 3. The van der Waals surface area contributed by atoms with Crippen molar-refractivity contribution in [3.05, 3.63) is 35.4 Å². The summed E-state index contributed by atoms with van der Waals surface area (Å²) in [6.07, 6.45) is 3.80. The van der Waals surface area contributed by atoms with Crippen LogP contribution in [0.3, 0.4) is 0 Å². The van der Waals surface area contributed by atoms with Crippen LogP contribution in [-0.2, 0) is 16.0 Å². The summed E-state index contributed by atoms with van der Waals surface area (Å²) >= 11 is 0. The maximum Gasteiger partial charge on any atom is 0.0700 e. The topological polar surface area (TPSA) is 30.5 Å². The van der Waals surface area contributed by atoms with Crippen LogP contribution in [0.5, 0.6) is 0 Å². The molecule has 1 fully saturated rings. The summed E-state index contributed by atoms with van der Waals surface area (Å²) in [6, 6.07) is 9.05. The van der Waals surface area contributed by atoms with Gasteiger partial charge in [-0.15, -0.1) is 0 Å². The summed E-state index contributed by atoms with van der Waals surface area (Å²) in [5.41, 5.74) is 2.87. The van der Waals surface area contributed by atoms with Gasteiger partial charge in [0.05, 0.1) is 13.2 Å². The molecule has 2 rings (SSSR count). The number of methoxy groups -OCH3 is 1. The lowest BCUT2D eigenvalue weighted by atomic mass is 10.1. The molecule has 106 valence electrons. The molecular weight excluding hydrogens is 238 g/mol. The zero-order chi connectivity index (χ0) is 13.3. The predicted octanol–water partition coefficient (Wildman–Crippen LogP) is 2.71. The van der Waals surface area contributed by atoms with Crippen LogP contribution in [0.2, 0.25) is 0 Å². The Hall–Kier alpha value is -0.900. The highest BCUT2D eigenvalue weighted by atomic mass is 16.5. The molecule has 1 saturated carbocycles. The van der Waals surface area contributed by atoms with Crippen LogP contribution >= 0.6 is 0 Å². The average Bonchev–Trinajstić information content (AvgIpc) is 3.27. The molecule has 0 bridgehead atoms. The second-order valence-corrected chi connectivity index (χ2v) is 5.15. The van der Waals surface area contributed by atoms with Gasteiger partial charge in [-0.3, -0.25) is 0 Å². The third kappa shape index (κ3) is 5.72. The van der Waals surface area contributed by atoms with Gasteiger partial charge in [0.1, 0.15) is 0 Å². The summed E-state index contributed by atoms with van der Waals surface area (Å²) in [6.45, 7) is 4.12. The Balaban J connectivity index is 1.50. The van der Waals surface area contributed by atoms with E-state index >= 15 is 0 Å². The van der Waals surface area contributed by atoms with E-state index < -0.39 is 0 Å². The van der Waals surface area contributed by atoms with Crippen LogP contribution in [-0.4, -0.2) is 33.5 Å². The lowest BCUT2D eigenvalue weighted by Crippen LogP contribution is -2.16. The second kappa shape index (κ2) is 8.31. The summed E-state index contributed by atoms with van der Waals surface area (Å²) in [5, 5.41) is 3.45. The van der Waals surface area contributed by atoms with Gasteiger partial charge in [-0.05, 0) is 42.9 Å². The summed E-state index contributed by atoms with van der Waals surface area (Å²) in [5.74, 6) is 0.853. The van der Waals surface area contributed by atoms with Crippen molar-refractivity contribution in [2.24, 2.45) is 0 Å². The number of ether oxygens (including phenoxy) is 2. The van der Waals surface area contributed by atoms with E-state index in [-0.39, 0.29) is 0 Å². The van der Waals surface area contributed by atoms with Crippen molar-refractivity contribution >= 4 is 0 Å². The Bertz CT molecular complexity index is 346. The highest BCUT2D eigenvalue weighted by molar-refractivity contribution is 5.27. The first-order valence-electron chi connectivity index (χ1n) is 7.26. The van der Waals surface area contributed by atoms with Gasteiger partial charge < -0.3 is 14.8 Å². The van der Waals surface area contributed by atoms with Gasteiger partial charge in [0.15, 0.2) is 0 Å². The molecule has 1 aliphatic rings. The number of hydrogen-bond donors (Lipinski definition) is 1. The molecule has 0 amide bonds. The lowest BCUT2D eigenvalue weighted by molar-refractivity contribution is 0.0695. The van der Waals surface area contributed by atoms with E-state index in [1.165, 1.54) is 24.0 Å². The number of benzene rings is 1. The number of rotatable bonds is 10. The smallest absolute Gasteiger partial charge is 0.0700 e. The molecule has 0 aromatic heterocycles. The number of nitrogens with one attached hydrogen (secondary N) is 1. The Morgan fingerprint density at radius 3 is 2.58 bits per heavy atom. The van der Waals surface area contributed by atoms with Crippen molar-refractivity contribution in [3.63, 3.8) is 0 Å². The van der Waals surface area contributed by atoms with Crippen LogP contribution in [0.1, 0.15) is 36.3 Å². The standard InChI is InChI=1S/C16H25NO2/c1-18-11-12-19-10-2-9-17-13-14-3-5-15(6-4-14)16-7-8-16/h3-6,16-17H,2,7-13H2,1H3. The minimum absolute atomic E-state index is 0.681. The quantitative estimate of drug-likeness (QED) is 0.658. The molecule has 0 unspecified atom stereocenters. The highest BCUT2D eigenvalue weighted by Gasteiger charge is 2.22. The molecule has 0 radical (unpaired) electrons. The minimum atomic E-state index is 0.681. The van der Waals surface area contributed by atoms with Crippen molar-refractivity contribution in [1.29, 1.82) is 0 Å². The van der Waals surface area contributed by atoms with Crippen LogP contribution in [0.15, 0.2) is 24.3 Å². The van der Waals surface area contributed by atoms with Crippen LogP contribution in [0.4, 0.5) is 0 Å². The summed E-state index contributed by atoms with van der Waals surface area (Å²) in [7, 11) is 1.69. The fraction of sp³-hybridized carbons (Fsp3) is 0.625. The molecule has 0 atom stereocenters. The lowest BCUT2D eigenvalue weighted by Gasteiger charge is -2.07. The molecule has 0 heterocycles. The van der Waals surface area contributed by atoms with E-state index in [0.29, 0.717) is 13.2 Å². The predicted molar refractivity (Wildman–Crippen MR) is 77.4 cm³/mol. The Morgan fingerprint density at radius 1 is 1.11 bits per heavy atom. The molecule has 1 aromatic rings. The zero-order valence-electron chi connectivity index (χ0n) is 11.9. The Kier molecular flexibility index (Phi) is 6.34. The third-order valence-corrected chi connectivity index (χ3v) is 3.43. The second-order valence-electron chi connectivity index (χ2n) is 5.15. The SMILES string of the molecule is COCCOCCCNCc1ccc(C2CC2)cc1. The summed E-state index contributed by atoms with van der Waals surface area (Å²) < 4.78 is 10.3. The van der Waals surface area contributed by atoms with E-state index in [9.17, 15) is 0 Å². The first kappa shape index (κ1) is 14.5. The van der Waals surface area contributed by atoms with Gasteiger partial charge in [-0.25, -0.2) is 0 Å². The Labute approximate surface area is 116 Å². The highest BCUT2D eigenvalue weighted by Crippen LogP contribution is 2.39.